The van der Waals surface area contributed by atoms with Gasteiger partial charge in [0.2, 0.25) is 0 Å². The molecule has 0 bridgehead atoms. The molecule has 2 rings (SSSR count). The summed E-state index contributed by atoms with van der Waals surface area (Å²) in [5.74, 6) is 0.757. The fraction of sp³-hybridized carbons (Fsp3) is 1.00. The molecule has 2 atom stereocenters. The zero-order valence-electron chi connectivity index (χ0n) is 8.21. The zero-order valence-corrected chi connectivity index (χ0v) is 8.21. The molecule has 70 valence electrons. The van der Waals surface area contributed by atoms with E-state index in [0.29, 0.717) is 6.17 Å². The Labute approximate surface area is 75.3 Å². The van der Waals surface area contributed by atoms with Crippen LogP contribution in [0.25, 0.3) is 0 Å². The molecule has 0 aromatic heterocycles. The summed E-state index contributed by atoms with van der Waals surface area (Å²) in [6.07, 6.45) is 4.92. The van der Waals surface area contributed by atoms with Gasteiger partial charge in [-0.2, -0.15) is 0 Å². The minimum absolute atomic E-state index is 0.662. The summed E-state index contributed by atoms with van der Waals surface area (Å²) in [7, 11) is 0. The average Bonchev–Trinajstić information content (AvgIpc) is 2.47. The fourth-order valence-electron chi connectivity index (χ4n) is 2.60. The Balaban J connectivity index is 2.01. The minimum Gasteiger partial charge on any atom is -0.300 e. The van der Waals surface area contributed by atoms with Crippen molar-refractivity contribution >= 4 is 0 Å². The summed E-state index contributed by atoms with van der Waals surface area (Å²) < 4.78 is 0. The Morgan fingerprint density at radius 2 is 2.17 bits per heavy atom. The monoisotopic (exact) mass is 168 g/mol. The molecule has 0 radical (unpaired) electrons. The Morgan fingerprint density at radius 1 is 1.33 bits per heavy atom. The van der Waals surface area contributed by atoms with Crippen LogP contribution in [0.15, 0.2) is 0 Å². The lowest BCUT2D eigenvalue weighted by Crippen LogP contribution is -2.44. The van der Waals surface area contributed by atoms with E-state index in [9.17, 15) is 0 Å². The van der Waals surface area contributed by atoms with Crippen LogP contribution >= 0.6 is 0 Å². The SMILES string of the molecule is CC(C)C1NCC2CCCCN21. The second-order valence-corrected chi connectivity index (χ2v) is 4.48. The fourth-order valence-corrected chi connectivity index (χ4v) is 2.60. The molecule has 0 aromatic carbocycles. The van der Waals surface area contributed by atoms with Crippen LogP contribution in [0.3, 0.4) is 0 Å². The van der Waals surface area contributed by atoms with E-state index in [1.54, 1.807) is 0 Å². The second-order valence-electron chi connectivity index (χ2n) is 4.48. The Hall–Kier alpha value is -0.0800. The van der Waals surface area contributed by atoms with Gasteiger partial charge in [0.25, 0.3) is 0 Å². The summed E-state index contributed by atoms with van der Waals surface area (Å²) in [6.45, 7) is 7.17. The van der Waals surface area contributed by atoms with E-state index in [4.69, 9.17) is 0 Å². The first-order valence-corrected chi connectivity index (χ1v) is 5.28. The summed E-state index contributed by atoms with van der Waals surface area (Å²) >= 11 is 0. The Bertz CT molecular complexity index is 156. The predicted molar refractivity (Wildman–Crippen MR) is 51.0 cm³/mol. The molecule has 0 amide bonds. The number of fused-ring (bicyclic) bond motifs is 1. The smallest absolute Gasteiger partial charge is 0.0624 e. The predicted octanol–water partition coefficient (Wildman–Crippen LogP) is 1.43. The zero-order chi connectivity index (χ0) is 8.55. The highest BCUT2D eigenvalue weighted by atomic mass is 15.4. The molecule has 0 spiro atoms. The van der Waals surface area contributed by atoms with E-state index < -0.39 is 0 Å². The minimum atomic E-state index is 0.662. The molecule has 2 aliphatic heterocycles. The maximum Gasteiger partial charge on any atom is 0.0624 e. The number of hydrogen-bond donors (Lipinski definition) is 1. The number of nitrogens with zero attached hydrogens (tertiary/aromatic N) is 1. The van der Waals surface area contributed by atoms with Gasteiger partial charge >= 0.3 is 0 Å². The Kier molecular flexibility index (Phi) is 2.37. The standard InChI is InChI=1S/C10H20N2/c1-8(2)10-11-7-9-5-3-4-6-12(9)10/h8-11H,3-7H2,1-2H3. The van der Waals surface area contributed by atoms with E-state index in [0.717, 1.165) is 12.0 Å². The molecule has 12 heavy (non-hydrogen) atoms. The van der Waals surface area contributed by atoms with E-state index >= 15 is 0 Å². The lowest BCUT2D eigenvalue weighted by Gasteiger charge is -2.34. The third kappa shape index (κ3) is 1.38. The normalized spacial score (nSPS) is 37.2. The van der Waals surface area contributed by atoms with Gasteiger partial charge in [-0.3, -0.25) is 10.2 Å². The van der Waals surface area contributed by atoms with Gasteiger partial charge in [0.15, 0.2) is 0 Å². The maximum atomic E-state index is 3.62. The van der Waals surface area contributed by atoms with Crippen molar-refractivity contribution in [3.8, 4) is 0 Å². The van der Waals surface area contributed by atoms with Crippen molar-refractivity contribution in [1.29, 1.82) is 0 Å². The lowest BCUT2D eigenvalue weighted by molar-refractivity contribution is 0.119. The molecule has 0 saturated carbocycles. The summed E-state index contributed by atoms with van der Waals surface area (Å²) in [4.78, 5) is 2.67. The van der Waals surface area contributed by atoms with Gasteiger partial charge in [0.05, 0.1) is 6.17 Å². The lowest BCUT2D eigenvalue weighted by atomic mass is 10.0. The van der Waals surface area contributed by atoms with Crippen LogP contribution in [0.1, 0.15) is 33.1 Å². The third-order valence-electron chi connectivity index (χ3n) is 3.22. The highest BCUT2D eigenvalue weighted by molar-refractivity contribution is 4.90. The molecule has 2 unspecified atom stereocenters. The van der Waals surface area contributed by atoms with Crippen molar-refractivity contribution in [2.75, 3.05) is 13.1 Å². The molecule has 0 aromatic rings. The van der Waals surface area contributed by atoms with Crippen LogP contribution in [-0.4, -0.2) is 30.2 Å². The Morgan fingerprint density at radius 3 is 2.92 bits per heavy atom. The molecule has 2 aliphatic rings. The molecule has 2 nitrogen and oxygen atoms in total. The van der Waals surface area contributed by atoms with Crippen molar-refractivity contribution in [3.63, 3.8) is 0 Å². The number of rotatable bonds is 1. The van der Waals surface area contributed by atoms with Crippen molar-refractivity contribution < 1.29 is 0 Å². The van der Waals surface area contributed by atoms with Crippen LogP contribution in [0.2, 0.25) is 0 Å². The maximum absolute atomic E-state index is 3.62. The third-order valence-corrected chi connectivity index (χ3v) is 3.22. The largest absolute Gasteiger partial charge is 0.300 e. The molecule has 0 aliphatic carbocycles. The number of piperidine rings is 1. The molecule has 2 fully saturated rings. The van der Waals surface area contributed by atoms with Gasteiger partial charge in [-0.25, -0.2) is 0 Å². The van der Waals surface area contributed by atoms with Crippen molar-refractivity contribution in [1.82, 2.24) is 10.2 Å². The highest BCUT2D eigenvalue weighted by Crippen LogP contribution is 2.25. The van der Waals surface area contributed by atoms with E-state index in [1.807, 2.05) is 0 Å². The van der Waals surface area contributed by atoms with Crippen LogP contribution in [0.5, 0.6) is 0 Å². The van der Waals surface area contributed by atoms with Crippen LogP contribution in [0, 0.1) is 5.92 Å². The first-order chi connectivity index (χ1) is 5.79. The topological polar surface area (TPSA) is 15.3 Å². The summed E-state index contributed by atoms with van der Waals surface area (Å²) in [5, 5.41) is 3.62. The van der Waals surface area contributed by atoms with E-state index in [2.05, 4.69) is 24.1 Å². The average molecular weight is 168 g/mol. The molecule has 2 heteroatoms. The van der Waals surface area contributed by atoms with E-state index in [-0.39, 0.29) is 0 Å². The molecule has 2 heterocycles. The van der Waals surface area contributed by atoms with Gasteiger partial charge < -0.3 is 0 Å². The molecule has 2 saturated heterocycles. The molecular formula is C10H20N2. The van der Waals surface area contributed by atoms with Crippen molar-refractivity contribution in [3.05, 3.63) is 0 Å². The number of nitrogens with one attached hydrogen (secondary N) is 1. The quantitative estimate of drug-likeness (QED) is 0.637. The van der Waals surface area contributed by atoms with Gasteiger partial charge in [-0.15, -0.1) is 0 Å². The first kappa shape index (κ1) is 8.52. The van der Waals surface area contributed by atoms with Crippen molar-refractivity contribution in [2.24, 2.45) is 5.92 Å². The van der Waals surface area contributed by atoms with Crippen LogP contribution in [-0.2, 0) is 0 Å². The van der Waals surface area contributed by atoms with Gasteiger partial charge in [0, 0.05) is 12.6 Å². The van der Waals surface area contributed by atoms with Crippen LogP contribution in [0.4, 0.5) is 0 Å². The van der Waals surface area contributed by atoms with Crippen LogP contribution < -0.4 is 5.32 Å². The number of hydrogen-bond acceptors (Lipinski definition) is 2. The highest BCUT2D eigenvalue weighted by Gasteiger charge is 2.35. The molecular weight excluding hydrogens is 148 g/mol. The second kappa shape index (κ2) is 3.35. The van der Waals surface area contributed by atoms with Gasteiger partial charge in [-0.05, 0) is 25.3 Å². The molecule has 1 N–H and O–H groups in total. The van der Waals surface area contributed by atoms with Gasteiger partial charge in [-0.1, -0.05) is 20.3 Å². The summed E-state index contributed by atoms with van der Waals surface area (Å²) in [5.41, 5.74) is 0. The first-order valence-electron chi connectivity index (χ1n) is 5.28. The summed E-state index contributed by atoms with van der Waals surface area (Å²) in [6, 6.07) is 0.853. The van der Waals surface area contributed by atoms with Gasteiger partial charge in [0.1, 0.15) is 0 Å². The van der Waals surface area contributed by atoms with Crippen molar-refractivity contribution in [2.45, 2.75) is 45.3 Å². The van der Waals surface area contributed by atoms with E-state index in [1.165, 1.54) is 32.4 Å².